The van der Waals surface area contributed by atoms with Gasteiger partial charge in [-0.15, -0.1) is 11.6 Å². The maximum absolute atomic E-state index is 6.20. The summed E-state index contributed by atoms with van der Waals surface area (Å²) in [4.78, 5) is 8.63. The molecule has 0 atom stereocenters. The Hall–Kier alpha value is -1.03. The lowest BCUT2D eigenvalue weighted by Gasteiger charge is -2.35. The highest BCUT2D eigenvalue weighted by molar-refractivity contribution is 6.18. The normalized spacial score (nSPS) is 18.0. The molecule has 1 aromatic rings. The van der Waals surface area contributed by atoms with Crippen LogP contribution in [-0.4, -0.2) is 28.5 Å². The van der Waals surface area contributed by atoms with Gasteiger partial charge in [-0.1, -0.05) is 19.3 Å². The van der Waals surface area contributed by atoms with E-state index in [-0.39, 0.29) is 11.5 Å². The fourth-order valence-electron chi connectivity index (χ4n) is 2.66. The van der Waals surface area contributed by atoms with E-state index in [0.717, 1.165) is 6.54 Å². The number of nitrogens with zero attached hydrogens (tertiary/aromatic N) is 2. The molecule has 4 nitrogen and oxygen atoms in total. The molecule has 0 aliphatic heterocycles. The van der Waals surface area contributed by atoms with Crippen molar-refractivity contribution in [1.29, 1.82) is 0 Å². The highest BCUT2D eigenvalue weighted by Gasteiger charge is 2.31. The van der Waals surface area contributed by atoms with Gasteiger partial charge >= 0.3 is 0 Å². The van der Waals surface area contributed by atoms with Gasteiger partial charge in [0.2, 0.25) is 11.8 Å². The van der Waals surface area contributed by atoms with Gasteiger partial charge in [0.25, 0.3) is 0 Å². The van der Waals surface area contributed by atoms with Crippen molar-refractivity contribution in [2.24, 2.45) is 5.41 Å². The molecule has 1 heterocycles. The van der Waals surface area contributed by atoms with Crippen LogP contribution in [0.25, 0.3) is 0 Å². The van der Waals surface area contributed by atoms with Gasteiger partial charge < -0.3 is 10.1 Å². The molecule has 1 saturated carbocycles. The lowest BCUT2D eigenvalue weighted by Crippen LogP contribution is -2.34. The van der Waals surface area contributed by atoms with Crippen molar-refractivity contribution >= 4 is 17.5 Å². The molecule has 0 aromatic carbocycles. The summed E-state index contributed by atoms with van der Waals surface area (Å²) in [6.07, 6.45) is 8.08. The number of nitrogens with one attached hydrogen (secondary N) is 1. The van der Waals surface area contributed by atoms with Crippen LogP contribution in [0, 0.1) is 5.41 Å². The fourth-order valence-corrected chi connectivity index (χ4v) is 3.02. The van der Waals surface area contributed by atoms with Gasteiger partial charge in [-0.3, -0.25) is 0 Å². The summed E-state index contributed by atoms with van der Waals surface area (Å²) in [5.74, 6) is 1.93. The predicted octanol–water partition coefficient (Wildman–Crippen LogP) is 3.87. The summed E-state index contributed by atoms with van der Waals surface area (Å²) in [5, 5.41) is 3.33. The van der Waals surface area contributed by atoms with Crippen LogP contribution in [0.2, 0.25) is 0 Å². The van der Waals surface area contributed by atoms with E-state index < -0.39 is 0 Å². The zero-order valence-corrected chi connectivity index (χ0v) is 13.1. The maximum Gasteiger partial charge on any atom is 0.225 e. The molecule has 1 N–H and O–H groups in total. The van der Waals surface area contributed by atoms with E-state index in [4.69, 9.17) is 16.3 Å². The van der Waals surface area contributed by atoms with Crippen molar-refractivity contribution in [2.45, 2.75) is 52.1 Å². The molecular weight excluding hydrogens is 274 g/mol. The standard InChI is InChI=1S/C15H24ClN3O/c1-12(2)20-13-6-9-17-14(19-13)18-11-15(10-16)7-4-3-5-8-15/h6,9,12H,3-5,7-8,10-11H2,1-2H3,(H,17,18,19). The van der Waals surface area contributed by atoms with Crippen LogP contribution in [0.5, 0.6) is 5.88 Å². The predicted molar refractivity (Wildman–Crippen MR) is 82.5 cm³/mol. The molecule has 0 saturated heterocycles. The topological polar surface area (TPSA) is 47.0 Å². The van der Waals surface area contributed by atoms with Crippen molar-refractivity contribution in [2.75, 3.05) is 17.7 Å². The third kappa shape index (κ3) is 4.23. The van der Waals surface area contributed by atoms with E-state index in [9.17, 15) is 0 Å². The fraction of sp³-hybridized carbons (Fsp3) is 0.733. The number of hydrogen-bond acceptors (Lipinski definition) is 4. The molecule has 1 fully saturated rings. The minimum absolute atomic E-state index is 0.116. The first kappa shape index (κ1) is 15.4. The number of hydrogen-bond donors (Lipinski definition) is 1. The summed E-state index contributed by atoms with van der Waals surface area (Å²) < 4.78 is 5.58. The third-order valence-corrected chi connectivity index (χ3v) is 4.37. The number of aromatic nitrogens is 2. The Kier molecular flexibility index (Phi) is 5.46. The van der Waals surface area contributed by atoms with Gasteiger partial charge in [0.1, 0.15) is 0 Å². The Labute approximate surface area is 126 Å². The molecule has 1 aliphatic rings. The largest absolute Gasteiger partial charge is 0.475 e. The van der Waals surface area contributed by atoms with Gasteiger partial charge in [0.05, 0.1) is 6.10 Å². The van der Waals surface area contributed by atoms with Crippen molar-refractivity contribution in [1.82, 2.24) is 9.97 Å². The lowest BCUT2D eigenvalue weighted by atomic mass is 9.75. The summed E-state index contributed by atoms with van der Waals surface area (Å²) in [6, 6.07) is 1.78. The quantitative estimate of drug-likeness (QED) is 0.810. The molecule has 2 rings (SSSR count). The van der Waals surface area contributed by atoms with Gasteiger partial charge in [0, 0.05) is 30.1 Å². The average molecular weight is 298 g/mol. The number of anilines is 1. The minimum atomic E-state index is 0.116. The molecule has 5 heteroatoms. The number of ether oxygens (including phenoxy) is 1. The Morgan fingerprint density at radius 3 is 2.75 bits per heavy atom. The average Bonchev–Trinajstić information content (AvgIpc) is 2.46. The Morgan fingerprint density at radius 1 is 1.35 bits per heavy atom. The minimum Gasteiger partial charge on any atom is -0.475 e. The van der Waals surface area contributed by atoms with E-state index in [2.05, 4.69) is 15.3 Å². The van der Waals surface area contributed by atoms with Crippen LogP contribution >= 0.6 is 11.6 Å². The highest BCUT2D eigenvalue weighted by atomic mass is 35.5. The molecule has 0 radical (unpaired) electrons. The molecule has 1 aliphatic carbocycles. The third-order valence-electron chi connectivity index (χ3n) is 3.81. The van der Waals surface area contributed by atoms with Crippen LogP contribution in [0.1, 0.15) is 46.0 Å². The summed E-state index contributed by atoms with van der Waals surface area (Å²) in [7, 11) is 0. The van der Waals surface area contributed by atoms with Gasteiger partial charge in [-0.05, 0) is 26.7 Å². The molecule has 0 unspecified atom stereocenters. The first-order valence-corrected chi connectivity index (χ1v) is 7.97. The van der Waals surface area contributed by atoms with Crippen LogP contribution in [0.4, 0.5) is 5.95 Å². The second-order valence-corrected chi connectivity index (χ2v) is 6.20. The molecule has 112 valence electrons. The van der Waals surface area contributed by atoms with Gasteiger partial charge in [-0.25, -0.2) is 4.98 Å². The summed E-state index contributed by atoms with van der Waals surface area (Å²) in [6.45, 7) is 4.81. The van der Waals surface area contributed by atoms with Crippen LogP contribution < -0.4 is 10.1 Å². The molecular formula is C15H24ClN3O. The SMILES string of the molecule is CC(C)Oc1ccnc(NCC2(CCl)CCCCC2)n1. The molecule has 1 aromatic heterocycles. The van der Waals surface area contributed by atoms with Crippen molar-refractivity contribution in [3.05, 3.63) is 12.3 Å². The maximum atomic E-state index is 6.20. The zero-order valence-electron chi connectivity index (χ0n) is 12.4. The highest BCUT2D eigenvalue weighted by Crippen LogP contribution is 2.37. The Balaban J connectivity index is 1.95. The van der Waals surface area contributed by atoms with E-state index in [0.29, 0.717) is 17.7 Å². The molecule has 0 spiro atoms. The van der Waals surface area contributed by atoms with Crippen molar-refractivity contribution < 1.29 is 4.74 Å². The van der Waals surface area contributed by atoms with E-state index in [1.54, 1.807) is 12.3 Å². The number of alkyl halides is 1. The van der Waals surface area contributed by atoms with Crippen LogP contribution in [-0.2, 0) is 0 Å². The Bertz CT molecular complexity index is 419. The van der Waals surface area contributed by atoms with E-state index in [1.165, 1.54) is 32.1 Å². The molecule has 20 heavy (non-hydrogen) atoms. The van der Waals surface area contributed by atoms with E-state index >= 15 is 0 Å². The van der Waals surface area contributed by atoms with Crippen LogP contribution in [0.3, 0.4) is 0 Å². The summed E-state index contributed by atoms with van der Waals surface area (Å²) >= 11 is 6.20. The first-order valence-electron chi connectivity index (χ1n) is 7.43. The Morgan fingerprint density at radius 2 is 2.10 bits per heavy atom. The van der Waals surface area contributed by atoms with Gasteiger partial charge in [-0.2, -0.15) is 4.98 Å². The van der Waals surface area contributed by atoms with Crippen LogP contribution in [0.15, 0.2) is 12.3 Å². The zero-order chi connectivity index (χ0) is 14.4. The molecule has 0 amide bonds. The van der Waals surface area contributed by atoms with Crippen molar-refractivity contribution in [3.63, 3.8) is 0 Å². The second kappa shape index (κ2) is 7.11. The lowest BCUT2D eigenvalue weighted by molar-refractivity contribution is 0.231. The molecule has 0 bridgehead atoms. The van der Waals surface area contributed by atoms with Crippen molar-refractivity contribution in [3.8, 4) is 5.88 Å². The monoisotopic (exact) mass is 297 g/mol. The van der Waals surface area contributed by atoms with Gasteiger partial charge in [0.15, 0.2) is 0 Å². The van der Waals surface area contributed by atoms with E-state index in [1.807, 2.05) is 13.8 Å². The second-order valence-electron chi connectivity index (χ2n) is 5.93. The number of rotatable bonds is 6. The number of halogens is 1. The first-order chi connectivity index (χ1) is 9.63. The summed E-state index contributed by atoms with van der Waals surface area (Å²) in [5.41, 5.74) is 0.193. The smallest absolute Gasteiger partial charge is 0.225 e.